The topological polar surface area (TPSA) is 0 Å². The number of aryl methyl sites for hydroxylation is 4. The Morgan fingerprint density at radius 2 is 0.969 bits per heavy atom. The third-order valence-corrected chi connectivity index (χ3v) is 6.25. The van der Waals surface area contributed by atoms with Crippen LogP contribution in [0, 0.1) is 0 Å². The van der Waals surface area contributed by atoms with E-state index in [9.17, 15) is 0 Å². The Morgan fingerprint density at radius 1 is 0.625 bits per heavy atom. The van der Waals surface area contributed by atoms with Crippen molar-refractivity contribution in [2.75, 3.05) is 0 Å². The van der Waals surface area contributed by atoms with E-state index < -0.39 is 0 Å². The summed E-state index contributed by atoms with van der Waals surface area (Å²) in [5.41, 5.74) is 6.46. The van der Waals surface area contributed by atoms with Gasteiger partial charge in [0, 0.05) is 0 Å². The molecular formula is C29H32Cl2Hf-2. The van der Waals surface area contributed by atoms with Crippen LogP contribution in [0.1, 0.15) is 61.8 Å². The third kappa shape index (κ3) is 6.52. The standard InChI is InChI=1S/2C13H13.C3H6.2ClH.Hf/c2*1-3-7-12-10(5-1)9-11-6-2-4-8-13(11)12;1-3-2;;;/h2*1,3,5,7,9H,2,4,6,8H2;1-2H3;2*1H;/q2*-1;;;;+2/p-2. The minimum absolute atomic E-state index is 0. The molecule has 6 rings (SSSR count). The number of hydrogen-bond donors (Lipinski definition) is 0. The summed E-state index contributed by atoms with van der Waals surface area (Å²) in [5, 5.41) is 5.87. The van der Waals surface area contributed by atoms with Crippen LogP contribution in [0.2, 0.25) is 0 Å². The molecule has 2 aliphatic carbocycles. The second kappa shape index (κ2) is 13.0. The van der Waals surface area contributed by atoms with E-state index in [-0.39, 0.29) is 24.8 Å². The van der Waals surface area contributed by atoms with E-state index in [1.165, 1.54) is 96.8 Å². The molecule has 0 fully saturated rings. The second-order valence-corrected chi connectivity index (χ2v) is 12.5. The SMILES string of the molecule is C[C](C)=[Hf+2].[Cl-].[Cl-].c1ccc2c3c([cH-]c2c1)CCCC3.c1ccc2c3c([cH-]c2c1)CCCC3. The van der Waals surface area contributed by atoms with E-state index in [1.807, 2.05) is 0 Å². The number of halogens is 2. The van der Waals surface area contributed by atoms with Crippen LogP contribution >= 0.6 is 0 Å². The number of rotatable bonds is 0. The summed E-state index contributed by atoms with van der Waals surface area (Å²) < 4.78 is 1.56. The summed E-state index contributed by atoms with van der Waals surface area (Å²) in [5.74, 6) is 0. The van der Waals surface area contributed by atoms with Gasteiger partial charge in [0.2, 0.25) is 0 Å². The summed E-state index contributed by atoms with van der Waals surface area (Å²) >= 11 is 1.27. The molecule has 0 unspecified atom stereocenters. The average molecular weight is 630 g/mol. The molecule has 0 spiro atoms. The van der Waals surface area contributed by atoms with Crippen LogP contribution in [0.4, 0.5) is 0 Å². The van der Waals surface area contributed by atoms with Crippen LogP contribution in [-0.4, -0.2) is 3.26 Å². The van der Waals surface area contributed by atoms with Gasteiger partial charge < -0.3 is 24.8 Å². The van der Waals surface area contributed by atoms with E-state index in [4.69, 9.17) is 0 Å². The number of benzene rings is 2. The molecule has 4 aromatic rings. The molecule has 0 saturated heterocycles. The van der Waals surface area contributed by atoms with Crippen molar-refractivity contribution in [3.63, 3.8) is 0 Å². The maximum Gasteiger partial charge on any atom is -0.0456 e. The van der Waals surface area contributed by atoms with Crippen molar-refractivity contribution in [1.82, 2.24) is 0 Å². The van der Waals surface area contributed by atoms with Crippen LogP contribution in [0.15, 0.2) is 60.7 Å². The van der Waals surface area contributed by atoms with Crippen LogP contribution < -0.4 is 24.8 Å². The quantitative estimate of drug-likeness (QED) is 0.205. The molecule has 0 N–H and O–H groups in total. The van der Waals surface area contributed by atoms with Gasteiger partial charge >= 0.3 is 41.0 Å². The largest absolute Gasteiger partial charge is 1.00 e. The Balaban J connectivity index is 0.000000185. The van der Waals surface area contributed by atoms with Gasteiger partial charge in [-0.1, -0.05) is 50.7 Å². The number of hydrogen-bond acceptors (Lipinski definition) is 0. The average Bonchev–Trinajstić information content (AvgIpc) is 3.32. The predicted molar refractivity (Wildman–Crippen MR) is 129 cm³/mol. The zero-order valence-electron chi connectivity index (χ0n) is 19.2. The summed E-state index contributed by atoms with van der Waals surface area (Å²) in [7, 11) is 0. The molecule has 0 saturated carbocycles. The fourth-order valence-electron chi connectivity index (χ4n) is 4.96. The smallest absolute Gasteiger partial charge is 0.0456 e. The van der Waals surface area contributed by atoms with Gasteiger partial charge in [-0.25, -0.2) is 0 Å². The zero-order valence-corrected chi connectivity index (χ0v) is 24.3. The molecule has 168 valence electrons. The van der Waals surface area contributed by atoms with Crippen molar-refractivity contribution < 1.29 is 48.7 Å². The Bertz CT molecular complexity index is 1060. The Morgan fingerprint density at radius 3 is 1.38 bits per heavy atom. The van der Waals surface area contributed by atoms with Crippen LogP contribution in [0.3, 0.4) is 0 Å². The maximum absolute atomic E-state index is 2.38. The maximum atomic E-state index is 2.38. The van der Waals surface area contributed by atoms with Crippen LogP contribution in [0.5, 0.6) is 0 Å². The van der Waals surface area contributed by atoms with Crippen LogP contribution in [-0.2, 0) is 49.6 Å². The number of fused-ring (bicyclic) bond motifs is 6. The first kappa shape index (κ1) is 27.2. The first-order valence-corrected chi connectivity index (χ1v) is 13.3. The van der Waals surface area contributed by atoms with E-state index in [0.717, 1.165) is 0 Å². The summed E-state index contributed by atoms with van der Waals surface area (Å²) in [6.45, 7) is 4.29. The molecule has 3 heteroatoms. The van der Waals surface area contributed by atoms with Gasteiger partial charge in [-0.2, -0.15) is 11.1 Å². The summed E-state index contributed by atoms with van der Waals surface area (Å²) in [6, 6.07) is 22.3. The minimum Gasteiger partial charge on any atom is -1.00 e. The predicted octanol–water partition coefficient (Wildman–Crippen LogP) is 1.63. The molecule has 4 aromatic carbocycles. The van der Waals surface area contributed by atoms with Gasteiger partial charge in [0.05, 0.1) is 0 Å². The monoisotopic (exact) mass is 630 g/mol. The fourth-order valence-corrected chi connectivity index (χ4v) is 4.96. The third-order valence-electron chi connectivity index (χ3n) is 6.25. The molecule has 32 heavy (non-hydrogen) atoms. The molecule has 0 atom stereocenters. The molecule has 0 amide bonds. The van der Waals surface area contributed by atoms with Gasteiger partial charge in [0.1, 0.15) is 0 Å². The summed E-state index contributed by atoms with van der Waals surface area (Å²) in [4.78, 5) is 0. The van der Waals surface area contributed by atoms with Crippen LogP contribution in [0.25, 0.3) is 21.5 Å². The van der Waals surface area contributed by atoms with Gasteiger partial charge in [0.15, 0.2) is 0 Å². The van der Waals surface area contributed by atoms with E-state index in [0.29, 0.717) is 0 Å². The van der Waals surface area contributed by atoms with Gasteiger partial charge in [-0.05, 0) is 12.8 Å². The van der Waals surface area contributed by atoms with Gasteiger partial charge in [-0.3, -0.25) is 0 Å². The van der Waals surface area contributed by atoms with Gasteiger partial charge in [-0.15, -0.1) is 81.2 Å². The van der Waals surface area contributed by atoms with Crippen molar-refractivity contribution in [3.05, 3.63) is 82.9 Å². The van der Waals surface area contributed by atoms with E-state index in [2.05, 4.69) is 74.5 Å². The van der Waals surface area contributed by atoms with E-state index in [1.54, 1.807) is 25.5 Å². The normalized spacial score (nSPS) is 13.9. The van der Waals surface area contributed by atoms with Gasteiger partial charge in [0.25, 0.3) is 0 Å². The van der Waals surface area contributed by atoms with Crippen molar-refractivity contribution in [2.45, 2.75) is 65.2 Å². The second-order valence-electron chi connectivity index (χ2n) is 8.88. The fraction of sp³-hybridized carbons (Fsp3) is 0.345. The van der Waals surface area contributed by atoms with Crippen molar-refractivity contribution in [1.29, 1.82) is 0 Å². The Hall–Kier alpha value is -1.02. The molecule has 0 radical (unpaired) electrons. The van der Waals surface area contributed by atoms with Crippen molar-refractivity contribution in [3.8, 4) is 0 Å². The van der Waals surface area contributed by atoms with Crippen molar-refractivity contribution in [2.24, 2.45) is 0 Å². The first-order valence-electron chi connectivity index (χ1n) is 11.5. The minimum atomic E-state index is 0. The molecule has 0 bridgehead atoms. The zero-order chi connectivity index (χ0) is 20.9. The van der Waals surface area contributed by atoms with E-state index >= 15 is 0 Å². The molecule has 0 aromatic heterocycles. The first-order chi connectivity index (χ1) is 14.6. The Kier molecular flexibility index (Phi) is 11.1. The molecule has 0 aliphatic heterocycles. The Labute approximate surface area is 220 Å². The molecule has 2 aliphatic rings. The molecule has 0 heterocycles. The summed E-state index contributed by atoms with van der Waals surface area (Å²) in [6.07, 6.45) is 10.7. The molecule has 0 nitrogen and oxygen atoms in total. The molecular weight excluding hydrogens is 598 g/mol. The van der Waals surface area contributed by atoms with Crippen molar-refractivity contribution >= 4 is 24.8 Å².